The van der Waals surface area contributed by atoms with Crippen LogP contribution in [0.5, 0.6) is 11.5 Å². The van der Waals surface area contributed by atoms with Gasteiger partial charge in [-0.2, -0.15) is 0 Å². The third-order valence-corrected chi connectivity index (χ3v) is 3.96. The maximum atomic E-state index is 5.89. The molecule has 2 aromatic carbocycles. The van der Waals surface area contributed by atoms with E-state index < -0.39 is 0 Å². The monoisotopic (exact) mass is 319 g/mol. The fourth-order valence-corrected chi connectivity index (χ4v) is 2.88. The van der Waals surface area contributed by atoms with E-state index in [2.05, 4.69) is 35.6 Å². The number of rotatable bonds is 4. The van der Waals surface area contributed by atoms with Crippen molar-refractivity contribution in [3.8, 4) is 11.5 Å². The predicted molar refractivity (Wildman–Crippen MR) is 85.5 cm³/mol. The summed E-state index contributed by atoms with van der Waals surface area (Å²) in [5, 5.41) is 3.46. The second-order valence-corrected chi connectivity index (χ2v) is 5.28. The van der Waals surface area contributed by atoms with Gasteiger partial charge in [0, 0.05) is 18.7 Å². The fraction of sp³-hybridized carbons (Fsp3) is 0.294. The highest BCUT2D eigenvalue weighted by Gasteiger charge is 2.30. The predicted octanol–water partition coefficient (Wildman–Crippen LogP) is 3.20. The maximum Gasteiger partial charge on any atom is 0.231 e. The van der Waals surface area contributed by atoms with Gasteiger partial charge in [-0.15, -0.1) is 12.4 Å². The molecule has 0 amide bonds. The van der Waals surface area contributed by atoms with Crippen molar-refractivity contribution in [2.75, 3.05) is 13.3 Å². The van der Waals surface area contributed by atoms with Crippen LogP contribution in [0.3, 0.4) is 0 Å². The van der Waals surface area contributed by atoms with E-state index in [9.17, 15) is 0 Å². The molecule has 2 aromatic rings. The number of hydrogen-bond acceptors (Lipinski definition) is 4. The van der Waals surface area contributed by atoms with Crippen molar-refractivity contribution < 1.29 is 14.2 Å². The molecule has 4 rings (SSSR count). The lowest BCUT2D eigenvalue weighted by Gasteiger charge is -2.12. The van der Waals surface area contributed by atoms with Gasteiger partial charge in [0.1, 0.15) is 0 Å². The lowest BCUT2D eigenvalue weighted by molar-refractivity contribution is 0.0650. The molecule has 1 N–H and O–H groups in total. The summed E-state index contributed by atoms with van der Waals surface area (Å²) in [6.45, 7) is 2.55. The fourth-order valence-electron chi connectivity index (χ4n) is 2.88. The molecular weight excluding hydrogens is 302 g/mol. The van der Waals surface area contributed by atoms with E-state index in [-0.39, 0.29) is 18.5 Å². The van der Waals surface area contributed by atoms with Gasteiger partial charge in [0.25, 0.3) is 0 Å². The molecule has 1 atom stereocenters. The molecule has 22 heavy (non-hydrogen) atoms. The van der Waals surface area contributed by atoms with E-state index in [1.807, 2.05) is 12.1 Å². The number of fused-ring (bicyclic) bond motifs is 3. The molecule has 0 saturated carbocycles. The Balaban J connectivity index is 0.00000144. The van der Waals surface area contributed by atoms with Crippen molar-refractivity contribution in [1.82, 2.24) is 5.32 Å². The molecule has 2 aliphatic rings. The molecule has 0 radical (unpaired) electrons. The Labute approximate surface area is 135 Å². The molecule has 0 bridgehead atoms. The zero-order valence-electron chi connectivity index (χ0n) is 12.1. The van der Waals surface area contributed by atoms with Gasteiger partial charge in [0.2, 0.25) is 6.79 Å². The lowest BCUT2D eigenvalue weighted by Crippen LogP contribution is -2.20. The molecule has 116 valence electrons. The molecule has 2 heterocycles. The molecule has 0 aliphatic carbocycles. The number of hydrogen-bond donors (Lipinski definition) is 1. The Bertz CT molecular complexity index is 648. The summed E-state index contributed by atoms with van der Waals surface area (Å²) in [6.07, 6.45) is 0.0817. The van der Waals surface area contributed by atoms with E-state index in [4.69, 9.17) is 14.2 Å². The Morgan fingerprint density at radius 2 is 1.91 bits per heavy atom. The van der Waals surface area contributed by atoms with Crippen molar-refractivity contribution in [3.63, 3.8) is 0 Å². The number of ether oxygens (including phenoxy) is 3. The quantitative estimate of drug-likeness (QED) is 0.939. The van der Waals surface area contributed by atoms with Gasteiger partial charge in [-0.1, -0.05) is 36.4 Å². The van der Waals surface area contributed by atoms with Gasteiger partial charge in [-0.05, 0) is 17.2 Å². The largest absolute Gasteiger partial charge is 0.454 e. The maximum absolute atomic E-state index is 5.89. The minimum atomic E-state index is 0. The van der Waals surface area contributed by atoms with Gasteiger partial charge in [0.05, 0.1) is 12.7 Å². The lowest BCUT2D eigenvalue weighted by atomic mass is 10.0. The summed E-state index contributed by atoms with van der Waals surface area (Å²) in [4.78, 5) is 0. The third kappa shape index (κ3) is 2.77. The molecule has 0 spiro atoms. The summed E-state index contributed by atoms with van der Waals surface area (Å²) < 4.78 is 16.8. The Hall–Kier alpha value is -1.75. The van der Waals surface area contributed by atoms with Crippen LogP contribution in [-0.4, -0.2) is 13.3 Å². The molecule has 0 saturated heterocycles. The summed E-state index contributed by atoms with van der Waals surface area (Å²) in [5.41, 5.74) is 3.62. The second-order valence-electron chi connectivity index (χ2n) is 5.28. The summed E-state index contributed by atoms with van der Waals surface area (Å²) in [5.74, 6) is 1.69. The van der Waals surface area contributed by atoms with Crippen molar-refractivity contribution in [2.24, 2.45) is 0 Å². The molecule has 0 fully saturated rings. The summed E-state index contributed by atoms with van der Waals surface area (Å²) >= 11 is 0. The highest BCUT2D eigenvalue weighted by molar-refractivity contribution is 5.85. The second kappa shape index (κ2) is 6.57. The van der Waals surface area contributed by atoms with Crippen LogP contribution in [0.15, 0.2) is 42.5 Å². The zero-order valence-corrected chi connectivity index (χ0v) is 12.9. The topological polar surface area (TPSA) is 39.7 Å². The van der Waals surface area contributed by atoms with Crippen molar-refractivity contribution in [1.29, 1.82) is 0 Å². The highest BCUT2D eigenvalue weighted by atomic mass is 35.5. The SMILES string of the molecule is Cl.c1ccc(CNCC2OCc3c2ccc2c3OCO2)cc1. The summed E-state index contributed by atoms with van der Waals surface area (Å²) in [7, 11) is 0. The first-order chi connectivity index (χ1) is 10.4. The van der Waals surface area contributed by atoms with Crippen LogP contribution < -0.4 is 14.8 Å². The Morgan fingerprint density at radius 3 is 2.77 bits per heavy atom. The van der Waals surface area contributed by atoms with Gasteiger partial charge in [-0.25, -0.2) is 0 Å². The van der Waals surface area contributed by atoms with Crippen molar-refractivity contribution in [2.45, 2.75) is 19.3 Å². The summed E-state index contributed by atoms with van der Waals surface area (Å²) in [6, 6.07) is 14.4. The van der Waals surface area contributed by atoms with E-state index in [0.717, 1.165) is 30.2 Å². The van der Waals surface area contributed by atoms with E-state index in [0.29, 0.717) is 13.4 Å². The third-order valence-electron chi connectivity index (χ3n) is 3.96. The molecule has 2 aliphatic heterocycles. The molecule has 0 aromatic heterocycles. The average molecular weight is 320 g/mol. The van der Waals surface area contributed by atoms with Crippen molar-refractivity contribution >= 4 is 12.4 Å². The van der Waals surface area contributed by atoms with Crippen LogP contribution in [0.4, 0.5) is 0 Å². The van der Waals surface area contributed by atoms with E-state index in [1.165, 1.54) is 11.1 Å². The smallest absolute Gasteiger partial charge is 0.231 e. The molecule has 4 nitrogen and oxygen atoms in total. The van der Waals surface area contributed by atoms with Gasteiger partial charge in [-0.3, -0.25) is 0 Å². The minimum absolute atomic E-state index is 0. The van der Waals surface area contributed by atoms with Gasteiger partial charge in [0.15, 0.2) is 11.5 Å². The normalized spacial score (nSPS) is 17.9. The van der Waals surface area contributed by atoms with Gasteiger partial charge < -0.3 is 19.5 Å². The van der Waals surface area contributed by atoms with Crippen molar-refractivity contribution in [3.05, 3.63) is 59.2 Å². The minimum Gasteiger partial charge on any atom is -0.454 e. The molecule has 5 heteroatoms. The first-order valence-corrected chi connectivity index (χ1v) is 7.19. The van der Waals surface area contributed by atoms with Crippen LogP contribution in [0.25, 0.3) is 0 Å². The first kappa shape index (κ1) is 15.2. The van der Waals surface area contributed by atoms with Crippen LogP contribution in [0.1, 0.15) is 22.8 Å². The Kier molecular flexibility index (Phi) is 4.52. The van der Waals surface area contributed by atoms with Crippen LogP contribution in [-0.2, 0) is 17.9 Å². The van der Waals surface area contributed by atoms with E-state index in [1.54, 1.807) is 0 Å². The zero-order chi connectivity index (χ0) is 14.1. The Morgan fingerprint density at radius 1 is 1.05 bits per heavy atom. The highest BCUT2D eigenvalue weighted by Crippen LogP contribution is 2.43. The van der Waals surface area contributed by atoms with Crippen LogP contribution in [0.2, 0.25) is 0 Å². The average Bonchev–Trinajstić information content (AvgIpc) is 3.14. The standard InChI is InChI=1S/C17H17NO3.ClH/c1-2-4-12(5-3-1)8-18-9-16-13-6-7-15-17(21-11-20-15)14(13)10-19-16;/h1-7,16,18H,8-11H2;1H. The molecule has 1 unspecified atom stereocenters. The number of benzene rings is 2. The van der Waals surface area contributed by atoms with Crippen LogP contribution >= 0.6 is 12.4 Å². The molecular formula is C17H18ClNO3. The number of nitrogens with one attached hydrogen (secondary N) is 1. The van der Waals surface area contributed by atoms with Crippen LogP contribution in [0, 0.1) is 0 Å². The first-order valence-electron chi connectivity index (χ1n) is 7.19. The van der Waals surface area contributed by atoms with Gasteiger partial charge >= 0.3 is 0 Å². The number of halogens is 1. The van der Waals surface area contributed by atoms with E-state index >= 15 is 0 Å².